The molecule has 2 aliphatic rings. The summed E-state index contributed by atoms with van der Waals surface area (Å²) in [5, 5.41) is 8.30. The topological polar surface area (TPSA) is 57.7 Å². The van der Waals surface area contributed by atoms with Gasteiger partial charge in [0.15, 0.2) is 0 Å². The summed E-state index contributed by atoms with van der Waals surface area (Å²) < 4.78 is 0. The predicted octanol–water partition coefficient (Wildman–Crippen LogP) is 0.374. The Hall–Kier alpha value is -1.55. The highest BCUT2D eigenvalue weighted by atomic mass is 16.2. The van der Waals surface area contributed by atoms with Crippen LogP contribution in [-0.4, -0.2) is 19.1 Å². The van der Waals surface area contributed by atoms with Crippen LogP contribution in [0.1, 0.15) is 18.4 Å². The molecule has 1 aromatic rings. The normalized spacial score (nSPS) is 22.1. The second-order valence-corrected chi connectivity index (χ2v) is 4.57. The number of urea groups is 1. The maximum Gasteiger partial charge on any atom is 0.319 e. The van der Waals surface area contributed by atoms with E-state index in [1.54, 1.807) is 0 Å². The van der Waals surface area contributed by atoms with Crippen LogP contribution in [0, 0.1) is 0 Å². The molecular weight excluding hydrogens is 202 g/mol. The number of fused-ring (bicyclic) bond motifs is 2. The third kappa shape index (κ3) is 1.38. The summed E-state index contributed by atoms with van der Waals surface area (Å²) in [4.78, 5) is 11.7. The van der Waals surface area contributed by atoms with Gasteiger partial charge < -0.3 is 16.0 Å². The number of quaternary nitrogens is 1. The predicted molar refractivity (Wildman–Crippen MR) is 61.2 cm³/mol. The van der Waals surface area contributed by atoms with E-state index in [0.29, 0.717) is 0 Å². The number of carbonyl (C=O) groups is 1. The van der Waals surface area contributed by atoms with Gasteiger partial charge in [-0.3, -0.25) is 0 Å². The Morgan fingerprint density at radius 1 is 1.19 bits per heavy atom. The Kier molecular flexibility index (Phi) is 2.11. The lowest BCUT2D eigenvalue weighted by Gasteiger charge is -2.41. The molecule has 0 aromatic heterocycles. The van der Waals surface area contributed by atoms with E-state index in [1.807, 2.05) is 18.2 Å². The SMILES string of the molecule is O=C1Nc2ccccc2C2(CC[NH2+]CC2)N1. The standard InChI is InChI=1S/C12H15N3O/c16-11-14-10-4-2-1-3-9(10)12(15-11)5-7-13-8-6-12/h1-4,13H,5-8H2,(H2,14,15,16)/p+1. The number of rotatable bonds is 0. The minimum Gasteiger partial charge on any atom is -0.346 e. The minimum atomic E-state index is -0.131. The molecule has 0 unspecified atom stereocenters. The first-order valence-electron chi connectivity index (χ1n) is 5.81. The summed E-state index contributed by atoms with van der Waals surface area (Å²) >= 11 is 0. The van der Waals surface area contributed by atoms with Crippen LogP contribution < -0.4 is 16.0 Å². The minimum absolute atomic E-state index is 0.0689. The van der Waals surface area contributed by atoms with Crippen LogP contribution in [0.4, 0.5) is 10.5 Å². The van der Waals surface area contributed by atoms with Crippen LogP contribution in [-0.2, 0) is 5.54 Å². The van der Waals surface area contributed by atoms with Crippen LogP contribution in [0.2, 0.25) is 0 Å². The zero-order valence-corrected chi connectivity index (χ0v) is 9.12. The van der Waals surface area contributed by atoms with Crippen molar-refractivity contribution in [1.29, 1.82) is 0 Å². The molecule has 0 bridgehead atoms. The highest BCUT2D eigenvalue weighted by molar-refractivity contribution is 5.93. The second kappa shape index (κ2) is 3.49. The van der Waals surface area contributed by atoms with E-state index in [0.717, 1.165) is 31.6 Å². The van der Waals surface area contributed by atoms with Crippen LogP contribution in [0.15, 0.2) is 24.3 Å². The summed E-state index contributed by atoms with van der Waals surface area (Å²) in [7, 11) is 0. The molecule has 2 aliphatic heterocycles. The van der Waals surface area contributed by atoms with Crippen molar-refractivity contribution in [2.24, 2.45) is 0 Å². The third-order valence-electron chi connectivity index (χ3n) is 3.59. The van der Waals surface area contributed by atoms with Crippen molar-refractivity contribution in [2.45, 2.75) is 18.4 Å². The van der Waals surface area contributed by atoms with E-state index < -0.39 is 0 Å². The van der Waals surface area contributed by atoms with Gasteiger partial charge in [-0.1, -0.05) is 18.2 Å². The number of hydrogen-bond donors (Lipinski definition) is 3. The quantitative estimate of drug-likeness (QED) is 0.579. The highest BCUT2D eigenvalue weighted by Crippen LogP contribution is 2.36. The maximum absolute atomic E-state index is 11.7. The number of nitrogens with one attached hydrogen (secondary N) is 2. The molecule has 4 nitrogen and oxygen atoms in total. The number of anilines is 1. The summed E-state index contributed by atoms with van der Waals surface area (Å²) in [6.45, 7) is 2.16. The molecule has 0 radical (unpaired) electrons. The molecular formula is C12H16N3O+. The van der Waals surface area contributed by atoms with E-state index in [9.17, 15) is 4.79 Å². The summed E-state index contributed by atoms with van der Waals surface area (Å²) in [5.41, 5.74) is 2.07. The van der Waals surface area contributed by atoms with Crippen molar-refractivity contribution < 1.29 is 10.1 Å². The first kappa shape index (κ1) is 9.66. The third-order valence-corrected chi connectivity index (χ3v) is 3.59. The molecule has 1 saturated heterocycles. The van der Waals surface area contributed by atoms with Crippen molar-refractivity contribution in [3.63, 3.8) is 0 Å². The smallest absolute Gasteiger partial charge is 0.319 e. The molecule has 1 spiro atoms. The van der Waals surface area contributed by atoms with Crippen molar-refractivity contribution in [3.8, 4) is 0 Å². The van der Waals surface area contributed by atoms with E-state index >= 15 is 0 Å². The molecule has 4 heteroatoms. The molecule has 1 aromatic carbocycles. The molecule has 2 heterocycles. The summed E-state index contributed by atoms with van der Waals surface area (Å²) in [6.07, 6.45) is 2.02. The van der Waals surface area contributed by atoms with Crippen LogP contribution in [0.25, 0.3) is 0 Å². The summed E-state index contributed by atoms with van der Waals surface area (Å²) in [5.74, 6) is 0. The molecule has 84 valence electrons. The fourth-order valence-corrected chi connectivity index (χ4v) is 2.81. The first-order chi connectivity index (χ1) is 7.80. The Morgan fingerprint density at radius 3 is 2.75 bits per heavy atom. The van der Waals surface area contributed by atoms with Crippen molar-refractivity contribution in [2.75, 3.05) is 18.4 Å². The molecule has 0 saturated carbocycles. The van der Waals surface area contributed by atoms with Crippen LogP contribution >= 0.6 is 0 Å². The summed E-state index contributed by atoms with van der Waals surface area (Å²) in [6, 6.07) is 8.03. The fraction of sp³-hybridized carbons (Fsp3) is 0.417. The molecule has 2 amide bonds. The zero-order valence-electron chi connectivity index (χ0n) is 9.12. The van der Waals surface area contributed by atoms with Crippen molar-refractivity contribution in [1.82, 2.24) is 5.32 Å². The number of carbonyl (C=O) groups excluding carboxylic acids is 1. The van der Waals surface area contributed by atoms with Gasteiger partial charge in [-0.05, 0) is 6.07 Å². The first-order valence-corrected chi connectivity index (χ1v) is 5.81. The lowest BCUT2D eigenvalue weighted by atomic mass is 9.79. The molecule has 0 atom stereocenters. The lowest BCUT2D eigenvalue weighted by molar-refractivity contribution is -0.666. The number of piperidine rings is 1. The Morgan fingerprint density at radius 2 is 1.94 bits per heavy atom. The Labute approximate surface area is 94.4 Å². The van der Waals surface area contributed by atoms with E-state index in [2.05, 4.69) is 22.0 Å². The van der Waals surface area contributed by atoms with Gasteiger partial charge in [0.1, 0.15) is 0 Å². The fourth-order valence-electron chi connectivity index (χ4n) is 2.81. The maximum atomic E-state index is 11.7. The van der Waals surface area contributed by atoms with E-state index in [-0.39, 0.29) is 11.6 Å². The number of benzene rings is 1. The average molecular weight is 218 g/mol. The van der Waals surface area contributed by atoms with Gasteiger partial charge in [-0.15, -0.1) is 0 Å². The monoisotopic (exact) mass is 218 g/mol. The Balaban J connectivity index is 2.08. The van der Waals surface area contributed by atoms with Gasteiger partial charge in [0.25, 0.3) is 0 Å². The van der Waals surface area contributed by atoms with Crippen LogP contribution in [0.5, 0.6) is 0 Å². The van der Waals surface area contributed by atoms with E-state index in [4.69, 9.17) is 0 Å². The second-order valence-electron chi connectivity index (χ2n) is 4.57. The van der Waals surface area contributed by atoms with Crippen LogP contribution in [0.3, 0.4) is 0 Å². The molecule has 0 aliphatic carbocycles. The largest absolute Gasteiger partial charge is 0.346 e. The average Bonchev–Trinajstić information content (AvgIpc) is 2.30. The van der Waals surface area contributed by atoms with E-state index in [1.165, 1.54) is 5.56 Å². The Bertz CT molecular complexity index is 424. The number of hydrogen-bond acceptors (Lipinski definition) is 1. The van der Waals surface area contributed by atoms with Gasteiger partial charge in [-0.25, -0.2) is 4.79 Å². The molecule has 3 rings (SSSR count). The highest BCUT2D eigenvalue weighted by Gasteiger charge is 2.41. The van der Waals surface area contributed by atoms with Gasteiger partial charge in [0.05, 0.1) is 18.6 Å². The lowest BCUT2D eigenvalue weighted by Crippen LogP contribution is -2.88. The van der Waals surface area contributed by atoms with Crippen molar-refractivity contribution in [3.05, 3.63) is 29.8 Å². The number of amides is 2. The zero-order chi connectivity index (χ0) is 11.0. The van der Waals surface area contributed by atoms with Crippen molar-refractivity contribution >= 4 is 11.7 Å². The number of nitrogens with two attached hydrogens (primary N) is 1. The number of para-hydroxylation sites is 1. The molecule has 1 fully saturated rings. The van der Waals surface area contributed by atoms with Gasteiger partial charge in [0, 0.05) is 24.1 Å². The molecule has 16 heavy (non-hydrogen) atoms. The molecule has 4 N–H and O–H groups in total. The van der Waals surface area contributed by atoms with Gasteiger partial charge in [-0.2, -0.15) is 0 Å². The van der Waals surface area contributed by atoms with Gasteiger partial charge in [0.2, 0.25) is 0 Å². The van der Waals surface area contributed by atoms with Gasteiger partial charge >= 0.3 is 6.03 Å².